The summed E-state index contributed by atoms with van der Waals surface area (Å²) < 4.78 is 0. The van der Waals surface area contributed by atoms with Crippen molar-refractivity contribution in [2.75, 3.05) is 7.05 Å². The van der Waals surface area contributed by atoms with Crippen molar-refractivity contribution in [3.8, 4) is 0 Å². The highest BCUT2D eigenvalue weighted by molar-refractivity contribution is 6.07. The van der Waals surface area contributed by atoms with Crippen LogP contribution in [-0.2, 0) is 17.6 Å². The quantitative estimate of drug-likeness (QED) is 0.601. The van der Waals surface area contributed by atoms with Gasteiger partial charge in [-0.2, -0.15) is 0 Å². The Hall–Kier alpha value is -2.17. The van der Waals surface area contributed by atoms with E-state index in [1.807, 2.05) is 12.1 Å². The molecule has 3 amide bonds. The lowest BCUT2D eigenvalue weighted by atomic mass is 9.77. The number of fused-ring (bicyclic) bond motifs is 1. The molecule has 2 aliphatic rings. The van der Waals surface area contributed by atoms with E-state index in [4.69, 9.17) is 0 Å². The van der Waals surface area contributed by atoms with Crippen molar-refractivity contribution in [3.63, 3.8) is 0 Å². The Balaban J connectivity index is 2.00. The number of benzene rings is 1. The zero-order valence-corrected chi connectivity index (χ0v) is 10.6. The molecule has 5 nitrogen and oxygen atoms in total. The second-order valence-electron chi connectivity index (χ2n) is 5.17. The Morgan fingerprint density at radius 1 is 1.32 bits per heavy atom. The number of hydrogen-bond acceptors (Lipinski definition) is 3. The molecule has 5 heteroatoms. The maximum atomic E-state index is 12.1. The van der Waals surface area contributed by atoms with Crippen LogP contribution < -0.4 is 5.32 Å². The maximum absolute atomic E-state index is 12.1. The number of amides is 3. The molecular formula is C14H14N2O3. The summed E-state index contributed by atoms with van der Waals surface area (Å²) in [6.45, 7) is 0. The highest BCUT2D eigenvalue weighted by Crippen LogP contribution is 2.35. The van der Waals surface area contributed by atoms with Gasteiger partial charge in [-0.05, 0) is 30.0 Å². The summed E-state index contributed by atoms with van der Waals surface area (Å²) in [4.78, 5) is 36.0. The minimum atomic E-state index is -0.757. The van der Waals surface area contributed by atoms with Crippen LogP contribution in [0.4, 0.5) is 4.79 Å². The van der Waals surface area contributed by atoms with E-state index in [9.17, 15) is 14.4 Å². The predicted molar refractivity (Wildman–Crippen MR) is 67.9 cm³/mol. The molecule has 98 valence electrons. The number of carbonyl (C=O) groups is 3. The zero-order valence-electron chi connectivity index (χ0n) is 10.6. The number of hydrogen-bond donors (Lipinski definition) is 1. The second-order valence-corrected chi connectivity index (χ2v) is 5.17. The fraction of sp³-hybridized carbons (Fsp3) is 0.357. The molecule has 0 aromatic heterocycles. The Morgan fingerprint density at radius 2 is 2.11 bits per heavy atom. The van der Waals surface area contributed by atoms with Gasteiger partial charge in [-0.3, -0.25) is 14.9 Å². The molecule has 19 heavy (non-hydrogen) atoms. The van der Waals surface area contributed by atoms with Gasteiger partial charge in [0.2, 0.25) is 0 Å². The molecule has 1 aromatic carbocycles. The van der Waals surface area contributed by atoms with Gasteiger partial charge in [-0.15, -0.1) is 0 Å². The van der Waals surface area contributed by atoms with Crippen LogP contribution in [0, 0.1) is 0 Å². The van der Waals surface area contributed by atoms with Crippen LogP contribution in [-0.4, -0.2) is 35.7 Å². The molecule has 0 bridgehead atoms. The highest BCUT2D eigenvalue weighted by atomic mass is 16.2. The highest BCUT2D eigenvalue weighted by Gasteiger charge is 2.52. The largest absolute Gasteiger partial charge is 0.324 e. The van der Waals surface area contributed by atoms with Gasteiger partial charge in [0.25, 0.3) is 5.91 Å². The van der Waals surface area contributed by atoms with Crippen LogP contribution in [0.2, 0.25) is 0 Å². The van der Waals surface area contributed by atoms with Gasteiger partial charge in [0.1, 0.15) is 11.8 Å². The number of likely N-dealkylation sites (N-methyl/N-ethyl adjacent to an activating group) is 1. The number of imide groups is 1. The van der Waals surface area contributed by atoms with Crippen LogP contribution in [0.1, 0.15) is 27.9 Å². The van der Waals surface area contributed by atoms with Crippen LogP contribution in [0.15, 0.2) is 18.2 Å². The minimum absolute atomic E-state index is 0.217. The van der Waals surface area contributed by atoms with Crippen molar-refractivity contribution in [2.24, 2.45) is 0 Å². The van der Waals surface area contributed by atoms with Gasteiger partial charge in [-0.25, -0.2) is 4.79 Å². The number of urea groups is 1. The van der Waals surface area contributed by atoms with E-state index in [0.717, 1.165) is 17.4 Å². The van der Waals surface area contributed by atoms with E-state index in [2.05, 4.69) is 5.32 Å². The Labute approximate surface area is 110 Å². The summed E-state index contributed by atoms with van der Waals surface area (Å²) in [7, 11) is 1.66. The average Bonchev–Trinajstić information content (AvgIpc) is 2.63. The van der Waals surface area contributed by atoms with Crippen LogP contribution >= 0.6 is 0 Å². The fourth-order valence-electron chi connectivity index (χ4n) is 2.99. The summed E-state index contributed by atoms with van der Waals surface area (Å²) >= 11 is 0. The summed E-state index contributed by atoms with van der Waals surface area (Å²) in [6, 6.07) is 5.16. The first-order valence-corrected chi connectivity index (χ1v) is 6.23. The second kappa shape index (κ2) is 3.91. The van der Waals surface area contributed by atoms with Crippen molar-refractivity contribution < 1.29 is 14.4 Å². The molecule has 1 aliphatic heterocycles. The van der Waals surface area contributed by atoms with Gasteiger partial charge in [0, 0.05) is 19.0 Å². The van der Waals surface area contributed by atoms with Crippen molar-refractivity contribution in [2.45, 2.75) is 24.8 Å². The smallest absolute Gasteiger partial charge is 0.312 e. The van der Waals surface area contributed by atoms with Crippen LogP contribution in [0.3, 0.4) is 0 Å². The van der Waals surface area contributed by atoms with E-state index in [0.29, 0.717) is 24.8 Å². The van der Waals surface area contributed by atoms with Crippen molar-refractivity contribution in [3.05, 3.63) is 34.9 Å². The molecule has 1 N–H and O–H groups in total. The standard InChI is InChI=1S/C14H14N2O3/c1-16-13(19)15-12(18)14(16)5-4-10-6-9(8-17)2-3-11(10)7-14/h2-3,6,8H,4-5,7H2,1H3,(H,15,18,19). The number of nitrogens with one attached hydrogen (secondary N) is 1. The molecule has 1 heterocycles. The predicted octanol–water partition coefficient (Wildman–Crippen LogP) is 0.908. The van der Waals surface area contributed by atoms with Crippen molar-refractivity contribution >= 4 is 18.2 Å². The zero-order chi connectivity index (χ0) is 13.6. The average molecular weight is 258 g/mol. The number of aryl methyl sites for hydroxylation is 1. The Morgan fingerprint density at radius 3 is 2.74 bits per heavy atom. The van der Waals surface area contributed by atoms with E-state index in [1.165, 1.54) is 4.90 Å². The first-order chi connectivity index (χ1) is 9.06. The lowest BCUT2D eigenvalue weighted by molar-refractivity contribution is -0.126. The van der Waals surface area contributed by atoms with Gasteiger partial charge in [-0.1, -0.05) is 12.1 Å². The first-order valence-electron chi connectivity index (χ1n) is 6.23. The third kappa shape index (κ3) is 1.58. The molecule has 1 fully saturated rings. The molecule has 1 unspecified atom stereocenters. The van der Waals surface area contributed by atoms with Crippen LogP contribution in [0.5, 0.6) is 0 Å². The van der Waals surface area contributed by atoms with Crippen molar-refractivity contribution in [1.29, 1.82) is 0 Å². The van der Waals surface area contributed by atoms with E-state index < -0.39 is 5.54 Å². The molecule has 1 aromatic rings. The summed E-state index contributed by atoms with van der Waals surface area (Å²) in [5, 5.41) is 2.37. The third-order valence-electron chi connectivity index (χ3n) is 4.25. The third-order valence-corrected chi connectivity index (χ3v) is 4.25. The lowest BCUT2D eigenvalue weighted by Gasteiger charge is -2.37. The molecule has 0 radical (unpaired) electrons. The van der Waals surface area contributed by atoms with Gasteiger partial charge in [0.15, 0.2) is 0 Å². The van der Waals surface area contributed by atoms with E-state index in [-0.39, 0.29) is 11.9 Å². The number of aldehydes is 1. The fourth-order valence-corrected chi connectivity index (χ4v) is 2.99. The molecular weight excluding hydrogens is 244 g/mol. The first kappa shape index (κ1) is 11.9. The van der Waals surface area contributed by atoms with Crippen molar-refractivity contribution in [1.82, 2.24) is 10.2 Å². The molecule has 1 saturated heterocycles. The molecule has 1 aliphatic carbocycles. The maximum Gasteiger partial charge on any atom is 0.324 e. The number of carbonyl (C=O) groups excluding carboxylic acids is 3. The summed E-state index contributed by atoms with van der Waals surface area (Å²) in [5.41, 5.74) is 2.02. The van der Waals surface area contributed by atoms with Crippen LogP contribution in [0.25, 0.3) is 0 Å². The minimum Gasteiger partial charge on any atom is -0.312 e. The SMILES string of the molecule is CN1C(=O)NC(=O)C12CCc1cc(C=O)ccc1C2. The Bertz CT molecular complexity index is 596. The summed E-state index contributed by atoms with van der Waals surface area (Å²) in [5.74, 6) is -0.217. The van der Waals surface area contributed by atoms with Gasteiger partial charge < -0.3 is 4.90 Å². The normalized spacial score (nSPS) is 25.4. The number of nitrogens with zero attached hydrogens (tertiary/aromatic N) is 1. The molecule has 3 rings (SSSR count). The van der Waals surface area contributed by atoms with E-state index in [1.54, 1.807) is 13.1 Å². The molecule has 1 spiro atoms. The van der Waals surface area contributed by atoms with Gasteiger partial charge in [0.05, 0.1) is 0 Å². The van der Waals surface area contributed by atoms with E-state index >= 15 is 0 Å². The topological polar surface area (TPSA) is 66.5 Å². The molecule has 1 atom stereocenters. The van der Waals surface area contributed by atoms with Gasteiger partial charge >= 0.3 is 6.03 Å². The Kier molecular flexibility index (Phi) is 2.45. The monoisotopic (exact) mass is 258 g/mol. The molecule has 0 saturated carbocycles. The lowest BCUT2D eigenvalue weighted by Crippen LogP contribution is -2.51. The summed E-state index contributed by atoms with van der Waals surface area (Å²) in [6.07, 6.45) is 2.62. The number of rotatable bonds is 1.